The van der Waals surface area contributed by atoms with Gasteiger partial charge in [-0.2, -0.15) is 16.3 Å². The molecule has 0 saturated heterocycles. The highest BCUT2D eigenvalue weighted by molar-refractivity contribution is 7.19. The van der Waals surface area contributed by atoms with Gasteiger partial charge in [0.25, 0.3) is 0 Å². The van der Waals surface area contributed by atoms with Gasteiger partial charge in [0.05, 0.1) is 6.61 Å². The van der Waals surface area contributed by atoms with E-state index in [1.807, 2.05) is 13.1 Å². The van der Waals surface area contributed by atoms with Gasteiger partial charge in [0, 0.05) is 0 Å². The lowest BCUT2D eigenvalue weighted by Crippen LogP contribution is -2.20. The fraction of sp³-hybridized carbons (Fsp3) is 0.500. The third-order valence-electron chi connectivity index (χ3n) is 1.31. The molecule has 0 heterocycles. The van der Waals surface area contributed by atoms with Gasteiger partial charge in [-0.05, 0) is 6.04 Å². The second-order valence-corrected chi connectivity index (χ2v) is 10.2. The summed E-state index contributed by atoms with van der Waals surface area (Å²) in [4.78, 5) is 10.9. The number of carbonyl (C=O) groups is 1. The van der Waals surface area contributed by atoms with Crippen molar-refractivity contribution < 1.29 is 9.53 Å². The van der Waals surface area contributed by atoms with Crippen LogP contribution in [-0.2, 0) is 9.53 Å². The van der Waals surface area contributed by atoms with Crippen molar-refractivity contribution in [3.63, 3.8) is 0 Å². The van der Waals surface area contributed by atoms with Crippen LogP contribution in [0.25, 0.3) is 0 Å². The van der Waals surface area contributed by atoms with E-state index in [2.05, 4.69) is 6.58 Å². The molecular formula is C8H12ClNO2Si. The molecule has 0 saturated carbocycles. The van der Waals surface area contributed by atoms with Gasteiger partial charge < -0.3 is 4.74 Å². The molecule has 0 bridgehead atoms. The van der Waals surface area contributed by atoms with Crippen molar-refractivity contribution in [2.45, 2.75) is 19.1 Å². The molecule has 0 rings (SSSR count). The molecular weight excluding hydrogens is 206 g/mol. The highest BCUT2D eigenvalue weighted by Gasteiger charge is 2.17. The first-order valence-electron chi connectivity index (χ1n) is 3.82. The van der Waals surface area contributed by atoms with Gasteiger partial charge in [0.2, 0.25) is 0 Å². The van der Waals surface area contributed by atoms with Crippen LogP contribution in [0.5, 0.6) is 0 Å². The van der Waals surface area contributed by atoms with Gasteiger partial charge >= 0.3 is 5.97 Å². The number of rotatable bonds is 4. The first-order valence-corrected chi connectivity index (χ1v) is 8.04. The Morgan fingerprint density at radius 2 is 2.23 bits per heavy atom. The molecule has 0 aliphatic carbocycles. The minimum Gasteiger partial charge on any atom is -0.462 e. The van der Waals surface area contributed by atoms with E-state index >= 15 is 0 Å². The van der Waals surface area contributed by atoms with E-state index in [1.165, 1.54) is 0 Å². The average molecular weight is 218 g/mol. The van der Waals surface area contributed by atoms with Gasteiger partial charge in [0.15, 0.2) is 7.38 Å². The molecule has 0 unspecified atom stereocenters. The molecule has 5 heteroatoms. The zero-order valence-electron chi connectivity index (χ0n) is 7.76. The van der Waals surface area contributed by atoms with E-state index in [1.54, 1.807) is 6.07 Å². The lowest BCUT2D eigenvalue weighted by atomic mass is 10.3. The summed E-state index contributed by atoms with van der Waals surface area (Å²) < 4.78 is 4.76. The molecule has 3 nitrogen and oxygen atoms in total. The molecule has 0 fully saturated rings. The molecule has 0 aliphatic rings. The predicted octanol–water partition coefficient (Wildman–Crippen LogP) is 2.05. The summed E-state index contributed by atoms with van der Waals surface area (Å²) >= 11 is 5.99. The summed E-state index contributed by atoms with van der Waals surface area (Å²) in [6.07, 6.45) is 0. The topological polar surface area (TPSA) is 50.1 Å². The Bertz CT molecular complexity index is 252. The summed E-state index contributed by atoms with van der Waals surface area (Å²) in [5, 5.41) is 8.30. The SMILES string of the molecule is C=C(C#N)C(=O)OCC[Si](C)(C)Cl. The second-order valence-electron chi connectivity index (χ2n) is 3.19. The van der Waals surface area contributed by atoms with Crippen molar-refractivity contribution in [1.29, 1.82) is 5.26 Å². The van der Waals surface area contributed by atoms with E-state index in [-0.39, 0.29) is 12.2 Å². The Kier molecular flexibility index (Phi) is 4.74. The van der Waals surface area contributed by atoms with Crippen LogP contribution in [0.15, 0.2) is 12.2 Å². The molecule has 0 aromatic rings. The molecule has 0 aromatic carbocycles. The van der Waals surface area contributed by atoms with Crippen molar-refractivity contribution in [2.75, 3.05) is 6.61 Å². The number of ether oxygens (including phenoxy) is 1. The number of hydrogen-bond acceptors (Lipinski definition) is 3. The van der Waals surface area contributed by atoms with Crippen LogP contribution >= 0.6 is 11.1 Å². The number of hydrogen-bond donors (Lipinski definition) is 0. The van der Waals surface area contributed by atoms with Crippen molar-refractivity contribution >= 4 is 24.4 Å². The van der Waals surface area contributed by atoms with Crippen LogP contribution in [0, 0.1) is 11.3 Å². The standard InChI is InChI=1S/C8H12ClNO2Si/c1-7(6-10)8(11)12-4-5-13(2,3)9/h1,4-5H2,2-3H3. The molecule has 0 N–H and O–H groups in total. The van der Waals surface area contributed by atoms with Gasteiger partial charge in [0.1, 0.15) is 11.6 Å². The first kappa shape index (κ1) is 12.2. The van der Waals surface area contributed by atoms with Crippen molar-refractivity contribution in [3.8, 4) is 6.07 Å². The summed E-state index contributed by atoms with van der Waals surface area (Å²) in [5.41, 5.74) is -0.172. The Morgan fingerprint density at radius 3 is 2.62 bits per heavy atom. The second kappa shape index (κ2) is 5.05. The summed E-state index contributed by atoms with van der Waals surface area (Å²) in [7, 11) is -1.69. The van der Waals surface area contributed by atoms with Gasteiger partial charge in [-0.1, -0.05) is 19.7 Å². The van der Waals surface area contributed by atoms with E-state index in [0.717, 1.165) is 0 Å². The molecule has 13 heavy (non-hydrogen) atoms. The normalized spacial score (nSPS) is 10.3. The van der Waals surface area contributed by atoms with Gasteiger partial charge in [-0.15, -0.1) is 0 Å². The highest BCUT2D eigenvalue weighted by Crippen LogP contribution is 2.13. The number of nitriles is 1. The van der Waals surface area contributed by atoms with Crippen LogP contribution in [0.2, 0.25) is 19.1 Å². The zero-order chi connectivity index (χ0) is 10.5. The summed E-state index contributed by atoms with van der Waals surface area (Å²) in [6, 6.07) is 2.30. The van der Waals surface area contributed by atoms with Crippen LogP contribution in [0.4, 0.5) is 0 Å². The first-order chi connectivity index (χ1) is 5.87. The fourth-order valence-corrected chi connectivity index (χ4v) is 1.34. The molecule has 0 aromatic heterocycles. The largest absolute Gasteiger partial charge is 0.462 e. The Labute approximate surface area is 83.7 Å². The maximum absolute atomic E-state index is 10.9. The Morgan fingerprint density at radius 1 is 1.69 bits per heavy atom. The smallest absolute Gasteiger partial charge is 0.348 e. The highest BCUT2D eigenvalue weighted by atomic mass is 35.6. The van der Waals surface area contributed by atoms with E-state index < -0.39 is 13.4 Å². The summed E-state index contributed by atoms with van der Waals surface area (Å²) in [5.74, 6) is -0.655. The molecule has 0 radical (unpaired) electrons. The van der Waals surface area contributed by atoms with Crippen LogP contribution in [0.3, 0.4) is 0 Å². The summed E-state index contributed by atoms with van der Waals surface area (Å²) in [6.45, 7) is 7.42. The maximum atomic E-state index is 10.9. The van der Waals surface area contributed by atoms with E-state index in [0.29, 0.717) is 6.04 Å². The number of carbonyl (C=O) groups excluding carboxylic acids is 1. The van der Waals surface area contributed by atoms with Gasteiger partial charge in [-0.25, -0.2) is 4.79 Å². The fourth-order valence-electron chi connectivity index (χ4n) is 0.519. The molecule has 0 amide bonds. The zero-order valence-corrected chi connectivity index (χ0v) is 9.52. The minimum atomic E-state index is -1.69. The average Bonchev–Trinajstić information content (AvgIpc) is 2.00. The van der Waals surface area contributed by atoms with Crippen molar-refractivity contribution in [3.05, 3.63) is 12.2 Å². The predicted molar refractivity (Wildman–Crippen MR) is 53.9 cm³/mol. The number of esters is 1. The third kappa shape index (κ3) is 6.38. The minimum absolute atomic E-state index is 0.172. The molecule has 0 spiro atoms. The molecule has 72 valence electrons. The quantitative estimate of drug-likeness (QED) is 0.238. The molecule has 0 atom stereocenters. The third-order valence-corrected chi connectivity index (χ3v) is 3.27. The lowest BCUT2D eigenvalue weighted by molar-refractivity contribution is -0.137. The van der Waals surface area contributed by atoms with Crippen molar-refractivity contribution in [2.24, 2.45) is 0 Å². The Hall–Kier alpha value is -0.793. The van der Waals surface area contributed by atoms with Crippen LogP contribution in [0.1, 0.15) is 0 Å². The Balaban J connectivity index is 3.74. The molecule has 0 aliphatic heterocycles. The van der Waals surface area contributed by atoms with Crippen LogP contribution < -0.4 is 0 Å². The van der Waals surface area contributed by atoms with Gasteiger partial charge in [-0.3, -0.25) is 0 Å². The van der Waals surface area contributed by atoms with Crippen molar-refractivity contribution in [1.82, 2.24) is 0 Å². The van der Waals surface area contributed by atoms with Crippen LogP contribution in [-0.4, -0.2) is 20.0 Å². The van der Waals surface area contributed by atoms with E-state index in [9.17, 15) is 4.79 Å². The number of nitrogens with zero attached hydrogens (tertiary/aromatic N) is 1. The number of halogens is 1. The maximum Gasteiger partial charge on any atom is 0.348 e. The van der Waals surface area contributed by atoms with E-state index in [4.69, 9.17) is 21.1 Å². The lowest BCUT2D eigenvalue weighted by Gasteiger charge is -2.11. The monoisotopic (exact) mass is 217 g/mol.